The molecule has 1 fully saturated rings. The normalized spacial score (nSPS) is 15.9. The summed E-state index contributed by atoms with van der Waals surface area (Å²) < 4.78 is 27.2. The molecule has 1 aliphatic rings. The molecule has 1 aliphatic heterocycles. The molecule has 6 heteroatoms. The van der Waals surface area contributed by atoms with Crippen LogP contribution >= 0.6 is 0 Å². The van der Waals surface area contributed by atoms with Crippen molar-refractivity contribution in [3.8, 4) is 0 Å². The van der Waals surface area contributed by atoms with Crippen LogP contribution in [0.5, 0.6) is 0 Å². The first kappa shape index (κ1) is 22.0. The maximum atomic E-state index is 14.1. The molecule has 0 radical (unpaired) electrons. The highest BCUT2D eigenvalue weighted by Gasteiger charge is 2.26. The van der Waals surface area contributed by atoms with Gasteiger partial charge in [0.25, 0.3) is 5.91 Å². The number of hydrogen-bond acceptors (Lipinski definition) is 3. The summed E-state index contributed by atoms with van der Waals surface area (Å²) in [5.41, 5.74) is 3.29. The van der Waals surface area contributed by atoms with Crippen LogP contribution in [-0.4, -0.2) is 37.0 Å². The number of hydrogen-bond donors (Lipinski definition) is 1. The van der Waals surface area contributed by atoms with Gasteiger partial charge in [0.15, 0.2) is 0 Å². The van der Waals surface area contributed by atoms with Crippen LogP contribution in [0.3, 0.4) is 0 Å². The molecule has 32 heavy (non-hydrogen) atoms. The first-order chi connectivity index (χ1) is 15.5. The smallest absolute Gasteiger partial charge is 0.251 e. The monoisotopic (exact) mass is 435 g/mol. The number of halogens is 2. The lowest BCUT2D eigenvalue weighted by molar-refractivity contribution is 0.0940. The molecule has 3 aromatic carbocycles. The summed E-state index contributed by atoms with van der Waals surface area (Å²) in [4.78, 5) is 16.9. The number of amides is 1. The lowest BCUT2D eigenvalue weighted by atomic mass is 10.1. The van der Waals surface area contributed by atoms with E-state index < -0.39 is 11.6 Å². The average Bonchev–Trinajstić information content (AvgIpc) is 3.22. The molecule has 166 valence electrons. The van der Waals surface area contributed by atoms with E-state index in [9.17, 15) is 13.6 Å². The first-order valence-corrected chi connectivity index (χ1v) is 10.8. The molecule has 1 amide bonds. The summed E-state index contributed by atoms with van der Waals surface area (Å²) >= 11 is 0. The van der Waals surface area contributed by atoms with Crippen molar-refractivity contribution in [3.05, 3.63) is 101 Å². The zero-order valence-electron chi connectivity index (χ0n) is 18.1. The number of anilines is 1. The van der Waals surface area contributed by atoms with Gasteiger partial charge >= 0.3 is 0 Å². The van der Waals surface area contributed by atoms with Crippen molar-refractivity contribution in [2.45, 2.75) is 25.6 Å². The van der Waals surface area contributed by atoms with Crippen LogP contribution in [0.25, 0.3) is 0 Å². The molecule has 1 heterocycles. The number of carbonyl (C=O) groups excluding carboxylic acids is 1. The molecule has 1 atom stereocenters. The maximum absolute atomic E-state index is 14.1. The van der Waals surface area contributed by atoms with Gasteiger partial charge in [-0.1, -0.05) is 42.5 Å². The fraction of sp³-hybridized carbons (Fsp3) is 0.269. The SMILES string of the molecule is CN(Cc1ccccc1)Cc1cccc(C(=O)NC2CCN(c3ccc(F)cc3F)C2)c1. The van der Waals surface area contributed by atoms with Gasteiger partial charge < -0.3 is 10.2 Å². The van der Waals surface area contributed by atoms with E-state index in [0.29, 0.717) is 30.8 Å². The summed E-state index contributed by atoms with van der Waals surface area (Å²) in [6.07, 6.45) is 0.710. The van der Waals surface area contributed by atoms with E-state index in [1.165, 1.54) is 17.7 Å². The fourth-order valence-corrected chi connectivity index (χ4v) is 4.18. The summed E-state index contributed by atoms with van der Waals surface area (Å²) in [7, 11) is 2.06. The zero-order chi connectivity index (χ0) is 22.5. The number of carbonyl (C=O) groups is 1. The number of rotatable bonds is 7. The van der Waals surface area contributed by atoms with Gasteiger partial charge in [0, 0.05) is 43.9 Å². The fourth-order valence-electron chi connectivity index (χ4n) is 4.18. The van der Waals surface area contributed by atoms with Gasteiger partial charge in [-0.2, -0.15) is 0 Å². The molecule has 0 spiro atoms. The van der Waals surface area contributed by atoms with Crippen molar-refractivity contribution >= 4 is 11.6 Å². The van der Waals surface area contributed by atoms with E-state index in [1.54, 1.807) is 0 Å². The van der Waals surface area contributed by atoms with Gasteiger partial charge in [0.2, 0.25) is 0 Å². The third-order valence-corrected chi connectivity index (χ3v) is 5.71. The molecule has 3 aromatic rings. The largest absolute Gasteiger partial charge is 0.367 e. The predicted molar refractivity (Wildman–Crippen MR) is 122 cm³/mol. The molecular formula is C26H27F2N3O. The summed E-state index contributed by atoms with van der Waals surface area (Å²) in [5.74, 6) is -1.31. The Morgan fingerprint density at radius 2 is 1.75 bits per heavy atom. The molecule has 0 bridgehead atoms. The summed E-state index contributed by atoms with van der Waals surface area (Å²) in [5, 5.41) is 3.06. The number of benzene rings is 3. The Hall–Kier alpha value is -3.25. The van der Waals surface area contributed by atoms with Crippen LogP contribution in [0.15, 0.2) is 72.8 Å². The van der Waals surface area contributed by atoms with Crippen LogP contribution < -0.4 is 10.2 Å². The average molecular weight is 436 g/mol. The van der Waals surface area contributed by atoms with Gasteiger partial charge in [-0.25, -0.2) is 8.78 Å². The standard InChI is InChI=1S/C26H27F2N3O/c1-30(16-19-6-3-2-4-7-19)17-20-8-5-9-21(14-20)26(32)29-23-12-13-31(18-23)25-11-10-22(27)15-24(25)28/h2-11,14-15,23H,12-13,16-18H2,1H3,(H,29,32). The molecule has 1 saturated heterocycles. The second-order valence-corrected chi connectivity index (χ2v) is 8.36. The minimum absolute atomic E-state index is 0.0867. The molecule has 0 aromatic heterocycles. The molecular weight excluding hydrogens is 408 g/mol. The molecule has 0 aliphatic carbocycles. The zero-order valence-corrected chi connectivity index (χ0v) is 18.1. The quantitative estimate of drug-likeness (QED) is 0.589. The van der Waals surface area contributed by atoms with Crippen molar-refractivity contribution in [1.82, 2.24) is 10.2 Å². The molecule has 4 nitrogen and oxygen atoms in total. The van der Waals surface area contributed by atoms with E-state index >= 15 is 0 Å². The van der Waals surface area contributed by atoms with Crippen LogP contribution in [0.2, 0.25) is 0 Å². The Morgan fingerprint density at radius 3 is 2.53 bits per heavy atom. The van der Waals surface area contributed by atoms with Gasteiger partial charge in [0.1, 0.15) is 11.6 Å². The Bertz CT molecular complexity index is 1070. The Balaban J connectivity index is 1.34. The molecule has 1 N–H and O–H groups in total. The van der Waals surface area contributed by atoms with Gasteiger partial charge in [-0.05, 0) is 48.9 Å². The van der Waals surface area contributed by atoms with Gasteiger partial charge in [-0.3, -0.25) is 9.69 Å². The van der Waals surface area contributed by atoms with E-state index in [1.807, 2.05) is 47.4 Å². The third-order valence-electron chi connectivity index (χ3n) is 5.71. The summed E-state index contributed by atoms with van der Waals surface area (Å²) in [6.45, 7) is 2.66. The number of nitrogens with one attached hydrogen (secondary N) is 1. The van der Waals surface area contributed by atoms with E-state index in [0.717, 1.165) is 24.7 Å². The second kappa shape index (κ2) is 9.92. The van der Waals surface area contributed by atoms with Crippen molar-refractivity contribution in [3.63, 3.8) is 0 Å². The number of nitrogens with zero attached hydrogens (tertiary/aromatic N) is 2. The van der Waals surface area contributed by atoms with E-state index in [4.69, 9.17) is 0 Å². The van der Waals surface area contributed by atoms with Crippen LogP contribution in [-0.2, 0) is 13.1 Å². The molecule has 1 unspecified atom stereocenters. The lowest BCUT2D eigenvalue weighted by Crippen LogP contribution is -2.37. The van der Waals surface area contributed by atoms with Crippen LogP contribution in [0, 0.1) is 11.6 Å². The van der Waals surface area contributed by atoms with Gasteiger partial charge in [0.05, 0.1) is 5.69 Å². The topological polar surface area (TPSA) is 35.6 Å². The van der Waals surface area contributed by atoms with Crippen LogP contribution in [0.1, 0.15) is 27.9 Å². The van der Waals surface area contributed by atoms with Crippen molar-refractivity contribution in [1.29, 1.82) is 0 Å². The van der Waals surface area contributed by atoms with Gasteiger partial charge in [-0.15, -0.1) is 0 Å². The third kappa shape index (κ3) is 5.51. The van der Waals surface area contributed by atoms with E-state index in [2.05, 4.69) is 29.4 Å². The van der Waals surface area contributed by atoms with Crippen molar-refractivity contribution in [2.75, 3.05) is 25.0 Å². The lowest BCUT2D eigenvalue weighted by Gasteiger charge is -2.20. The van der Waals surface area contributed by atoms with Crippen molar-refractivity contribution < 1.29 is 13.6 Å². The van der Waals surface area contributed by atoms with Crippen LogP contribution in [0.4, 0.5) is 14.5 Å². The molecule has 0 saturated carbocycles. The Kier molecular flexibility index (Phi) is 6.81. The summed E-state index contributed by atoms with van der Waals surface area (Å²) in [6, 6.07) is 21.4. The highest BCUT2D eigenvalue weighted by atomic mass is 19.1. The maximum Gasteiger partial charge on any atom is 0.251 e. The van der Waals surface area contributed by atoms with Crippen molar-refractivity contribution in [2.24, 2.45) is 0 Å². The second-order valence-electron chi connectivity index (χ2n) is 8.36. The Labute approximate surface area is 187 Å². The van der Waals surface area contributed by atoms with E-state index in [-0.39, 0.29) is 11.9 Å². The minimum atomic E-state index is -0.593. The highest BCUT2D eigenvalue weighted by molar-refractivity contribution is 5.94. The Morgan fingerprint density at radius 1 is 1.00 bits per heavy atom. The minimum Gasteiger partial charge on any atom is -0.367 e. The predicted octanol–water partition coefficient (Wildman–Crippen LogP) is 4.61. The molecule has 4 rings (SSSR count). The highest BCUT2D eigenvalue weighted by Crippen LogP contribution is 2.24. The first-order valence-electron chi connectivity index (χ1n) is 10.8.